The van der Waals surface area contributed by atoms with Crippen LogP contribution in [0.3, 0.4) is 0 Å². The average Bonchev–Trinajstić information content (AvgIpc) is 3.11. The van der Waals surface area contributed by atoms with Crippen molar-refractivity contribution >= 4 is 5.91 Å². The third-order valence-corrected chi connectivity index (χ3v) is 6.17. The van der Waals surface area contributed by atoms with E-state index in [1.54, 1.807) is 0 Å². The molecule has 0 aromatic carbocycles. The molecule has 5 heteroatoms. The Morgan fingerprint density at radius 2 is 2.14 bits per heavy atom. The highest BCUT2D eigenvalue weighted by Gasteiger charge is 2.46. The second-order valence-electron chi connectivity index (χ2n) is 7.10. The molecule has 3 rings (SSSR count). The van der Waals surface area contributed by atoms with Crippen molar-refractivity contribution in [1.82, 2.24) is 15.1 Å². The number of primary amides is 1. The molecule has 1 saturated carbocycles. The minimum Gasteiger partial charge on any atom is -0.368 e. The largest absolute Gasteiger partial charge is 0.368 e. The van der Waals surface area contributed by atoms with Gasteiger partial charge in [0.05, 0.1) is 0 Å². The van der Waals surface area contributed by atoms with Crippen molar-refractivity contribution in [3.05, 3.63) is 0 Å². The third kappa shape index (κ3) is 2.83. The Kier molecular flexibility index (Phi) is 4.52. The fourth-order valence-corrected chi connectivity index (χ4v) is 4.84. The van der Waals surface area contributed by atoms with E-state index >= 15 is 0 Å². The Hall–Kier alpha value is -0.650. The fraction of sp³-hybridized carbons (Fsp3) is 0.938. The van der Waals surface area contributed by atoms with Gasteiger partial charge in [-0.25, -0.2) is 0 Å². The van der Waals surface area contributed by atoms with Gasteiger partial charge in [0.2, 0.25) is 5.91 Å². The van der Waals surface area contributed by atoms with Gasteiger partial charge in [0.15, 0.2) is 0 Å². The number of rotatable bonds is 5. The average molecular weight is 294 g/mol. The van der Waals surface area contributed by atoms with Crippen LogP contribution in [0.5, 0.6) is 0 Å². The minimum absolute atomic E-state index is 0.159. The molecule has 2 heterocycles. The molecule has 0 bridgehead atoms. The Balaban J connectivity index is 1.53. The molecule has 3 N–H and O–H groups in total. The summed E-state index contributed by atoms with van der Waals surface area (Å²) in [4.78, 5) is 17.2. The van der Waals surface area contributed by atoms with Crippen LogP contribution in [-0.2, 0) is 4.79 Å². The number of nitrogens with zero attached hydrogens (tertiary/aromatic N) is 2. The molecule has 3 fully saturated rings. The number of hydrogen-bond acceptors (Lipinski definition) is 4. The van der Waals surface area contributed by atoms with Gasteiger partial charge in [0.1, 0.15) is 5.54 Å². The summed E-state index contributed by atoms with van der Waals surface area (Å²) in [6, 6.07) is 0.785. The number of piperazine rings is 1. The highest BCUT2D eigenvalue weighted by molar-refractivity contribution is 5.85. The van der Waals surface area contributed by atoms with Gasteiger partial charge in [0.25, 0.3) is 0 Å². The summed E-state index contributed by atoms with van der Waals surface area (Å²) in [6.07, 6.45) is 6.97. The summed E-state index contributed by atoms with van der Waals surface area (Å²) in [5.41, 5.74) is 5.24. The number of nitrogens with one attached hydrogen (secondary N) is 1. The first-order valence-corrected chi connectivity index (χ1v) is 8.61. The van der Waals surface area contributed by atoms with E-state index < -0.39 is 5.54 Å². The van der Waals surface area contributed by atoms with Crippen LogP contribution < -0.4 is 11.1 Å². The minimum atomic E-state index is -0.449. The highest BCUT2D eigenvalue weighted by Crippen LogP contribution is 2.38. The molecular weight excluding hydrogens is 264 g/mol. The molecule has 1 amide bonds. The normalized spacial score (nSPS) is 37.8. The van der Waals surface area contributed by atoms with Gasteiger partial charge < -0.3 is 16.0 Å². The Bertz CT molecular complexity index is 388. The summed E-state index contributed by atoms with van der Waals surface area (Å²) in [5.74, 6) is 0.245. The zero-order chi connectivity index (χ0) is 14.9. The number of carbonyl (C=O) groups is 1. The van der Waals surface area contributed by atoms with E-state index in [4.69, 9.17) is 5.73 Å². The van der Waals surface area contributed by atoms with Crippen LogP contribution in [0.25, 0.3) is 0 Å². The monoisotopic (exact) mass is 294 g/mol. The zero-order valence-corrected chi connectivity index (χ0v) is 13.3. The van der Waals surface area contributed by atoms with Gasteiger partial charge in [-0.1, -0.05) is 6.42 Å². The molecule has 21 heavy (non-hydrogen) atoms. The van der Waals surface area contributed by atoms with E-state index in [-0.39, 0.29) is 5.91 Å². The maximum Gasteiger partial charge on any atom is 0.238 e. The molecule has 3 aliphatic rings. The highest BCUT2D eigenvalue weighted by atomic mass is 16.1. The van der Waals surface area contributed by atoms with E-state index in [1.165, 1.54) is 39.0 Å². The smallest absolute Gasteiger partial charge is 0.238 e. The number of likely N-dealkylation sites (N-methyl/N-ethyl adjacent to an activating group) is 1. The van der Waals surface area contributed by atoms with Gasteiger partial charge >= 0.3 is 0 Å². The maximum atomic E-state index is 11.9. The molecule has 1 aliphatic carbocycles. The Morgan fingerprint density at radius 3 is 2.90 bits per heavy atom. The summed E-state index contributed by atoms with van der Waals surface area (Å²) >= 11 is 0. The van der Waals surface area contributed by atoms with Crippen molar-refractivity contribution < 1.29 is 4.79 Å². The van der Waals surface area contributed by atoms with Crippen molar-refractivity contribution in [1.29, 1.82) is 0 Å². The Morgan fingerprint density at radius 1 is 1.29 bits per heavy atom. The lowest BCUT2D eigenvalue weighted by atomic mass is 9.84. The molecule has 2 saturated heterocycles. The first kappa shape index (κ1) is 15.3. The van der Waals surface area contributed by atoms with Gasteiger partial charge in [0, 0.05) is 25.7 Å². The molecule has 3 atom stereocenters. The number of amides is 1. The SMILES string of the molecule is CNC1(C(N)=O)CCCC1CCN1CCN2CCCC2C1. The first-order valence-electron chi connectivity index (χ1n) is 8.61. The van der Waals surface area contributed by atoms with Gasteiger partial charge in [-0.3, -0.25) is 9.69 Å². The number of fused-ring (bicyclic) bond motifs is 1. The lowest BCUT2D eigenvalue weighted by Gasteiger charge is -2.39. The quantitative estimate of drug-likeness (QED) is 0.770. The standard InChI is InChI=1S/C16H30N4O/c1-18-16(15(17)21)7-2-4-13(16)6-9-19-10-11-20-8-3-5-14(20)12-19/h13-14,18H,2-12H2,1H3,(H2,17,21). The predicted octanol–water partition coefficient (Wildman–Crippen LogP) is 0.400. The molecule has 120 valence electrons. The van der Waals surface area contributed by atoms with Crippen molar-refractivity contribution in [2.45, 2.75) is 50.1 Å². The van der Waals surface area contributed by atoms with Crippen LogP contribution in [-0.4, -0.2) is 67.1 Å². The molecular formula is C16H30N4O. The van der Waals surface area contributed by atoms with Crippen LogP contribution >= 0.6 is 0 Å². The summed E-state index contributed by atoms with van der Waals surface area (Å²) < 4.78 is 0. The van der Waals surface area contributed by atoms with Gasteiger partial charge in [-0.15, -0.1) is 0 Å². The molecule has 3 unspecified atom stereocenters. The third-order valence-electron chi connectivity index (χ3n) is 6.17. The predicted molar refractivity (Wildman–Crippen MR) is 84.0 cm³/mol. The second-order valence-corrected chi connectivity index (χ2v) is 7.10. The molecule has 0 aromatic rings. The van der Waals surface area contributed by atoms with E-state index in [0.29, 0.717) is 5.92 Å². The molecule has 0 aromatic heterocycles. The van der Waals surface area contributed by atoms with Crippen LogP contribution in [0.2, 0.25) is 0 Å². The lowest BCUT2D eigenvalue weighted by molar-refractivity contribution is -0.125. The maximum absolute atomic E-state index is 11.9. The molecule has 0 spiro atoms. The Labute approximate surface area is 128 Å². The summed E-state index contributed by atoms with van der Waals surface area (Å²) in [7, 11) is 1.89. The fourth-order valence-electron chi connectivity index (χ4n) is 4.84. The van der Waals surface area contributed by atoms with Crippen LogP contribution in [0.4, 0.5) is 0 Å². The van der Waals surface area contributed by atoms with Crippen molar-refractivity contribution in [2.75, 3.05) is 39.8 Å². The van der Waals surface area contributed by atoms with Gasteiger partial charge in [-0.2, -0.15) is 0 Å². The van der Waals surface area contributed by atoms with E-state index in [9.17, 15) is 4.79 Å². The van der Waals surface area contributed by atoms with E-state index in [2.05, 4.69) is 15.1 Å². The lowest BCUT2D eigenvalue weighted by Crippen LogP contribution is -2.57. The van der Waals surface area contributed by atoms with E-state index in [0.717, 1.165) is 38.3 Å². The molecule has 2 aliphatic heterocycles. The number of carbonyl (C=O) groups excluding carboxylic acids is 1. The van der Waals surface area contributed by atoms with Crippen molar-refractivity contribution in [2.24, 2.45) is 11.7 Å². The summed E-state index contributed by atoms with van der Waals surface area (Å²) in [6.45, 7) is 6.04. The van der Waals surface area contributed by atoms with Crippen LogP contribution in [0, 0.1) is 5.92 Å². The van der Waals surface area contributed by atoms with Crippen LogP contribution in [0.1, 0.15) is 38.5 Å². The second kappa shape index (κ2) is 6.23. The molecule has 5 nitrogen and oxygen atoms in total. The molecule has 0 radical (unpaired) electrons. The topological polar surface area (TPSA) is 61.6 Å². The first-order chi connectivity index (χ1) is 10.2. The summed E-state index contributed by atoms with van der Waals surface area (Å²) in [5, 5.41) is 3.25. The van der Waals surface area contributed by atoms with Crippen LogP contribution in [0.15, 0.2) is 0 Å². The van der Waals surface area contributed by atoms with Crippen molar-refractivity contribution in [3.63, 3.8) is 0 Å². The van der Waals surface area contributed by atoms with Gasteiger partial charge in [-0.05, 0) is 58.2 Å². The van der Waals surface area contributed by atoms with Crippen molar-refractivity contribution in [3.8, 4) is 0 Å². The number of nitrogens with two attached hydrogens (primary N) is 1. The van der Waals surface area contributed by atoms with E-state index in [1.807, 2.05) is 7.05 Å². The zero-order valence-electron chi connectivity index (χ0n) is 13.3. The number of hydrogen-bond donors (Lipinski definition) is 2.